The summed E-state index contributed by atoms with van der Waals surface area (Å²) in [7, 11) is 0. The van der Waals surface area contributed by atoms with Gasteiger partial charge in [-0.3, -0.25) is 0 Å². The minimum atomic E-state index is -4.61. The van der Waals surface area contributed by atoms with Crippen molar-refractivity contribution in [2.24, 2.45) is 5.73 Å². The van der Waals surface area contributed by atoms with Crippen LogP contribution in [0.3, 0.4) is 0 Å². The van der Waals surface area contributed by atoms with Crippen molar-refractivity contribution in [3.05, 3.63) is 35.1 Å². The van der Waals surface area contributed by atoms with Crippen LogP contribution in [0.5, 0.6) is 0 Å². The highest BCUT2D eigenvalue weighted by atomic mass is 35.5. The Labute approximate surface area is 94.8 Å². The SMILES string of the molecule is Cl.N[C@@H](CF)c1ccc(C(F)(F)F)cc1F. The van der Waals surface area contributed by atoms with Crippen LogP contribution in [-0.2, 0) is 6.18 Å². The monoisotopic (exact) mass is 261 g/mol. The number of benzene rings is 1. The van der Waals surface area contributed by atoms with E-state index in [4.69, 9.17) is 5.73 Å². The Kier molecular flexibility index (Phi) is 5.15. The fourth-order valence-corrected chi connectivity index (χ4v) is 1.09. The molecule has 7 heteroatoms. The second-order valence-electron chi connectivity index (χ2n) is 2.99. The first-order chi connectivity index (χ1) is 6.86. The minimum absolute atomic E-state index is 0. The van der Waals surface area contributed by atoms with E-state index in [1.807, 2.05) is 0 Å². The van der Waals surface area contributed by atoms with Crippen LogP contribution >= 0.6 is 12.4 Å². The molecule has 1 aromatic rings. The van der Waals surface area contributed by atoms with E-state index in [-0.39, 0.29) is 18.0 Å². The molecule has 0 aliphatic carbocycles. The summed E-state index contributed by atoms with van der Waals surface area (Å²) in [6.45, 7) is -1.03. The van der Waals surface area contributed by atoms with Crippen LogP contribution < -0.4 is 5.73 Å². The molecule has 1 aromatic carbocycles. The summed E-state index contributed by atoms with van der Waals surface area (Å²) in [4.78, 5) is 0. The van der Waals surface area contributed by atoms with Crippen LogP contribution in [-0.4, -0.2) is 6.67 Å². The van der Waals surface area contributed by atoms with Gasteiger partial charge in [0.05, 0.1) is 11.6 Å². The van der Waals surface area contributed by atoms with Gasteiger partial charge in [-0.2, -0.15) is 13.2 Å². The van der Waals surface area contributed by atoms with Crippen molar-refractivity contribution in [3.63, 3.8) is 0 Å². The number of hydrogen-bond acceptors (Lipinski definition) is 1. The molecular formula is C9H9ClF5N. The summed E-state index contributed by atoms with van der Waals surface area (Å²) in [5.74, 6) is -1.14. The molecule has 0 spiro atoms. The molecule has 1 atom stereocenters. The van der Waals surface area contributed by atoms with Gasteiger partial charge >= 0.3 is 6.18 Å². The molecule has 92 valence electrons. The lowest BCUT2D eigenvalue weighted by Gasteiger charge is -2.11. The number of hydrogen-bond donors (Lipinski definition) is 1. The largest absolute Gasteiger partial charge is 0.416 e. The maximum absolute atomic E-state index is 13.1. The first-order valence-corrected chi connectivity index (χ1v) is 4.04. The summed E-state index contributed by atoms with van der Waals surface area (Å²) in [5.41, 5.74) is 3.78. The van der Waals surface area contributed by atoms with Gasteiger partial charge in [-0.15, -0.1) is 12.4 Å². The Hall–Kier alpha value is -0.880. The number of rotatable bonds is 2. The molecule has 0 aromatic heterocycles. The molecule has 0 heterocycles. The molecule has 0 saturated carbocycles. The highest BCUT2D eigenvalue weighted by molar-refractivity contribution is 5.85. The number of nitrogens with two attached hydrogens (primary N) is 1. The normalized spacial score (nSPS) is 13.1. The number of halogens is 6. The first-order valence-electron chi connectivity index (χ1n) is 4.04. The zero-order chi connectivity index (χ0) is 11.6. The molecule has 0 aliphatic rings. The second-order valence-corrected chi connectivity index (χ2v) is 2.99. The van der Waals surface area contributed by atoms with Crippen molar-refractivity contribution in [2.75, 3.05) is 6.67 Å². The summed E-state index contributed by atoms with van der Waals surface area (Å²) >= 11 is 0. The van der Waals surface area contributed by atoms with Crippen molar-refractivity contribution in [3.8, 4) is 0 Å². The number of alkyl halides is 4. The molecule has 0 radical (unpaired) electrons. The smallest absolute Gasteiger partial charge is 0.322 e. The van der Waals surface area contributed by atoms with Gasteiger partial charge in [0.15, 0.2) is 0 Å². The van der Waals surface area contributed by atoms with E-state index in [0.29, 0.717) is 12.1 Å². The molecule has 1 rings (SSSR count). The quantitative estimate of drug-likeness (QED) is 0.813. The van der Waals surface area contributed by atoms with Crippen molar-refractivity contribution < 1.29 is 22.0 Å². The average molecular weight is 262 g/mol. The van der Waals surface area contributed by atoms with Crippen LogP contribution in [0.4, 0.5) is 22.0 Å². The van der Waals surface area contributed by atoms with E-state index in [1.165, 1.54) is 0 Å². The van der Waals surface area contributed by atoms with Crippen LogP contribution in [0, 0.1) is 5.82 Å². The molecule has 0 unspecified atom stereocenters. The average Bonchev–Trinajstić information content (AvgIpc) is 2.15. The highest BCUT2D eigenvalue weighted by Gasteiger charge is 2.31. The fraction of sp³-hybridized carbons (Fsp3) is 0.333. The summed E-state index contributed by atoms with van der Waals surface area (Å²) in [6, 6.07) is 0.605. The van der Waals surface area contributed by atoms with Gasteiger partial charge in [0.1, 0.15) is 12.5 Å². The van der Waals surface area contributed by atoms with Crippen LogP contribution in [0.15, 0.2) is 18.2 Å². The van der Waals surface area contributed by atoms with Gasteiger partial charge in [-0.25, -0.2) is 8.78 Å². The molecule has 0 bridgehead atoms. The maximum atomic E-state index is 13.1. The Bertz CT molecular complexity index is 352. The topological polar surface area (TPSA) is 26.0 Å². The molecule has 0 saturated heterocycles. The van der Waals surface area contributed by atoms with Gasteiger partial charge in [0.2, 0.25) is 0 Å². The Morgan fingerprint density at radius 3 is 2.19 bits per heavy atom. The molecular weight excluding hydrogens is 253 g/mol. The lowest BCUT2D eigenvalue weighted by Crippen LogP contribution is -2.15. The van der Waals surface area contributed by atoms with Gasteiger partial charge in [0, 0.05) is 5.56 Å². The maximum Gasteiger partial charge on any atom is 0.416 e. The van der Waals surface area contributed by atoms with E-state index >= 15 is 0 Å². The molecule has 2 N–H and O–H groups in total. The van der Waals surface area contributed by atoms with Crippen LogP contribution in [0.1, 0.15) is 17.2 Å². The molecule has 16 heavy (non-hydrogen) atoms. The van der Waals surface area contributed by atoms with Gasteiger partial charge in [0.25, 0.3) is 0 Å². The Morgan fingerprint density at radius 1 is 1.25 bits per heavy atom. The fourth-order valence-electron chi connectivity index (χ4n) is 1.09. The first kappa shape index (κ1) is 15.1. The summed E-state index contributed by atoms with van der Waals surface area (Å²) in [5, 5.41) is 0. The predicted octanol–water partition coefficient (Wildman–Crippen LogP) is 3.24. The third-order valence-corrected chi connectivity index (χ3v) is 1.89. The van der Waals surface area contributed by atoms with E-state index in [2.05, 4.69) is 0 Å². The van der Waals surface area contributed by atoms with Gasteiger partial charge < -0.3 is 5.73 Å². The summed E-state index contributed by atoms with van der Waals surface area (Å²) in [6.07, 6.45) is -4.61. The molecule has 0 fully saturated rings. The predicted molar refractivity (Wildman–Crippen MR) is 51.6 cm³/mol. The van der Waals surface area contributed by atoms with Crippen LogP contribution in [0.2, 0.25) is 0 Å². The Balaban J connectivity index is 0.00000225. The van der Waals surface area contributed by atoms with E-state index in [9.17, 15) is 22.0 Å². The van der Waals surface area contributed by atoms with Crippen molar-refractivity contribution in [2.45, 2.75) is 12.2 Å². The van der Waals surface area contributed by atoms with Crippen molar-refractivity contribution in [1.82, 2.24) is 0 Å². The highest BCUT2D eigenvalue weighted by Crippen LogP contribution is 2.31. The molecule has 0 aliphatic heterocycles. The molecule has 0 amide bonds. The van der Waals surface area contributed by atoms with Crippen molar-refractivity contribution >= 4 is 12.4 Å². The lowest BCUT2D eigenvalue weighted by atomic mass is 10.1. The second kappa shape index (κ2) is 5.45. The zero-order valence-corrected chi connectivity index (χ0v) is 8.71. The van der Waals surface area contributed by atoms with E-state index < -0.39 is 30.3 Å². The van der Waals surface area contributed by atoms with E-state index in [1.54, 1.807) is 0 Å². The Morgan fingerprint density at radius 2 is 1.81 bits per heavy atom. The zero-order valence-electron chi connectivity index (χ0n) is 7.89. The standard InChI is InChI=1S/C9H8F5N.ClH/c10-4-8(15)6-2-1-5(3-7(6)11)9(12,13)14;/h1-3,8H,4,15H2;1H/t8-;/m0./s1. The third-order valence-electron chi connectivity index (χ3n) is 1.89. The van der Waals surface area contributed by atoms with Gasteiger partial charge in [-0.05, 0) is 12.1 Å². The van der Waals surface area contributed by atoms with Crippen molar-refractivity contribution in [1.29, 1.82) is 0 Å². The van der Waals surface area contributed by atoms with Crippen LogP contribution in [0.25, 0.3) is 0 Å². The molecule has 1 nitrogen and oxygen atoms in total. The lowest BCUT2D eigenvalue weighted by molar-refractivity contribution is -0.137. The third kappa shape index (κ3) is 3.31. The van der Waals surface area contributed by atoms with E-state index in [0.717, 1.165) is 6.07 Å². The summed E-state index contributed by atoms with van der Waals surface area (Å²) < 4.78 is 61.5. The van der Waals surface area contributed by atoms with Gasteiger partial charge in [-0.1, -0.05) is 6.07 Å². The minimum Gasteiger partial charge on any atom is -0.322 e.